The maximum atomic E-state index is 5.48. The fraction of sp³-hybridized carbons (Fsp3) is 0.533. The Morgan fingerprint density at radius 2 is 1.85 bits per heavy atom. The molecule has 1 fully saturated rings. The highest BCUT2D eigenvalue weighted by atomic mass is 16.5. The molecule has 0 bridgehead atoms. The third kappa shape index (κ3) is 3.87. The molecule has 0 aromatic heterocycles. The number of methoxy groups -OCH3 is 1. The molecule has 0 unspecified atom stereocenters. The van der Waals surface area contributed by atoms with Crippen LogP contribution in [0.2, 0.25) is 0 Å². The lowest BCUT2D eigenvalue weighted by atomic mass is 10.0. The first-order chi connectivity index (χ1) is 9.70. The predicted molar refractivity (Wildman–Crippen MR) is 81.8 cm³/mol. The van der Waals surface area contributed by atoms with Gasteiger partial charge in [0, 0.05) is 0 Å². The number of nitrogens with two attached hydrogens (primary N) is 2. The first-order valence-electron chi connectivity index (χ1n) is 7.14. The minimum absolute atomic E-state index is 0.153. The van der Waals surface area contributed by atoms with Crippen LogP contribution in [0.4, 0.5) is 0 Å². The van der Waals surface area contributed by atoms with Crippen molar-refractivity contribution < 1.29 is 4.74 Å². The number of piperidine rings is 1. The van der Waals surface area contributed by atoms with Crippen LogP contribution >= 0.6 is 0 Å². The van der Waals surface area contributed by atoms with Gasteiger partial charge in [-0.2, -0.15) is 0 Å². The van der Waals surface area contributed by atoms with Gasteiger partial charge in [0.15, 0.2) is 5.96 Å². The van der Waals surface area contributed by atoms with Crippen molar-refractivity contribution in [3.8, 4) is 5.75 Å². The summed E-state index contributed by atoms with van der Waals surface area (Å²) in [5.41, 5.74) is 12.2. The molecule has 20 heavy (non-hydrogen) atoms. The summed E-state index contributed by atoms with van der Waals surface area (Å²) in [6, 6.07) is 8.41. The quantitative estimate of drug-likeness (QED) is 0.631. The molecule has 0 radical (unpaired) electrons. The summed E-state index contributed by atoms with van der Waals surface area (Å²) >= 11 is 0. The molecule has 1 aromatic rings. The van der Waals surface area contributed by atoms with E-state index >= 15 is 0 Å². The second-order valence-corrected chi connectivity index (χ2v) is 5.15. The Morgan fingerprint density at radius 3 is 2.40 bits per heavy atom. The van der Waals surface area contributed by atoms with E-state index in [9.17, 15) is 0 Å². The Kier molecular flexibility index (Phi) is 5.24. The molecule has 0 aliphatic carbocycles. The van der Waals surface area contributed by atoms with Crippen molar-refractivity contribution in [2.24, 2.45) is 16.5 Å². The van der Waals surface area contributed by atoms with Gasteiger partial charge in [0.1, 0.15) is 5.75 Å². The van der Waals surface area contributed by atoms with E-state index in [4.69, 9.17) is 16.2 Å². The Balaban J connectivity index is 2.16. The van der Waals surface area contributed by atoms with E-state index in [1.54, 1.807) is 7.11 Å². The van der Waals surface area contributed by atoms with Gasteiger partial charge < -0.3 is 16.2 Å². The molecular weight excluding hydrogens is 252 g/mol. The molecule has 1 aliphatic rings. The van der Waals surface area contributed by atoms with Crippen molar-refractivity contribution in [3.63, 3.8) is 0 Å². The normalized spacial score (nSPS) is 17.4. The Morgan fingerprint density at radius 1 is 1.20 bits per heavy atom. The third-order valence-corrected chi connectivity index (χ3v) is 3.78. The molecule has 4 N–H and O–H groups in total. The van der Waals surface area contributed by atoms with Crippen LogP contribution in [0.1, 0.15) is 30.9 Å². The summed E-state index contributed by atoms with van der Waals surface area (Å²) in [6.07, 6.45) is 3.80. The van der Waals surface area contributed by atoms with Gasteiger partial charge in [-0.05, 0) is 43.6 Å². The summed E-state index contributed by atoms with van der Waals surface area (Å²) in [6.45, 7) is 2.82. The fourth-order valence-corrected chi connectivity index (χ4v) is 2.68. The number of hydrogen-bond acceptors (Lipinski definition) is 3. The van der Waals surface area contributed by atoms with E-state index < -0.39 is 0 Å². The molecule has 5 heteroatoms. The van der Waals surface area contributed by atoms with Crippen molar-refractivity contribution in [1.82, 2.24) is 4.90 Å². The monoisotopic (exact) mass is 276 g/mol. The average molecular weight is 276 g/mol. The van der Waals surface area contributed by atoms with Crippen molar-refractivity contribution in [2.75, 3.05) is 26.7 Å². The van der Waals surface area contributed by atoms with Crippen molar-refractivity contribution >= 4 is 5.96 Å². The molecule has 1 atom stereocenters. The SMILES string of the molecule is COc1ccc([C@H](CN=C(N)N)N2CCCCC2)cc1. The van der Waals surface area contributed by atoms with Gasteiger partial charge in [-0.3, -0.25) is 9.89 Å². The van der Waals surface area contributed by atoms with Crippen LogP contribution in [0.3, 0.4) is 0 Å². The van der Waals surface area contributed by atoms with E-state index in [1.165, 1.54) is 24.8 Å². The van der Waals surface area contributed by atoms with Gasteiger partial charge in [0.05, 0.1) is 19.7 Å². The number of nitrogens with zero attached hydrogens (tertiary/aromatic N) is 2. The molecule has 110 valence electrons. The van der Waals surface area contributed by atoms with Gasteiger partial charge in [-0.25, -0.2) is 0 Å². The Labute approximate surface area is 120 Å². The smallest absolute Gasteiger partial charge is 0.185 e. The molecule has 1 heterocycles. The van der Waals surface area contributed by atoms with E-state index in [-0.39, 0.29) is 12.0 Å². The van der Waals surface area contributed by atoms with E-state index in [2.05, 4.69) is 22.0 Å². The van der Waals surface area contributed by atoms with Crippen molar-refractivity contribution in [2.45, 2.75) is 25.3 Å². The molecule has 2 rings (SSSR count). The van der Waals surface area contributed by atoms with Crippen molar-refractivity contribution in [1.29, 1.82) is 0 Å². The molecule has 0 amide bonds. The number of rotatable bonds is 5. The summed E-state index contributed by atoms with van der Waals surface area (Å²) in [7, 11) is 1.68. The van der Waals surface area contributed by atoms with Gasteiger partial charge >= 0.3 is 0 Å². The number of ether oxygens (including phenoxy) is 1. The zero-order valence-corrected chi connectivity index (χ0v) is 12.1. The van der Waals surface area contributed by atoms with E-state index in [0.717, 1.165) is 18.8 Å². The average Bonchev–Trinajstić information content (AvgIpc) is 2.49. The summed E-state index contributed by atoms with van der Waals surface area (Å²) < 4.78 is 5.21. The molecular formula is C15H24N4O. The summed E-state index contributed by atoms with van der Waals surface area (Å²) in [5, 5.41) is 0. The zero-order valence-electron chi connectivity index (χ0n) is 12.1. The second-order valence-electron chi connectivity index (χ2n) is 5.15. The highest BCUT2D eigenvalue weighted by Crippen LogP contribution is 2.26. The topological polar surface area (TPSA) is 76.9 Å². The van der Waals surface area contributed by atoms with E-state index in [0.29, 0.717) is 6.54 Å². The summed E-state index contributed by atoms with van der Waals surface area (Å²) in [5.74, 6) is 1.02. The lowest BCUT2D eigenvalue weighted by Gasteiger charge is -2.34. The van der Waals surface area contributed by atoms with Crippen LogP contribution in [0, 0.1) is 0 Å². The fourth-order valence-electron chi connectivity index (χ4n) is 2.68. The molecule has 0 saturated carbocycles. The third-order valence-electron chi connectivity index (χ3n) is 3.78. The lowest BCUT2D eigenvalue weighted by molar-refractivity contribution is 0.168. The minimum Gasteiger partial charge on any atom is -0.497 e. The largest absolute Gasteiger partial charge is 0.497 e. The van der Waals surface area contributed by atoms with Crippen LogP contribution in [0.5, 0.6) is 5.75 Å². The van der Waals surface area contributed by atoms with Gasteiger partial charge in [-0.15, -0.1) is 0 Å². The summed E-state index contributed by atoms with van der Waals surface area (Å²) in [4.78, 5) is 6.69. The molecule has 1 saturated heterocycles. The Hall–Kier alpha value is -1.75. The van der Waals surface area contributed by atoms with Gasteiger partial charge in [-0.1, -0.05) is 18.6 Å². The minimum atomic E-state index is 0.153. The highest BCUT2D eigenvalue weighted by Gasteiger charge is 2.22. The first kappa shape index (κ1) is 14.7. The molecule has 1 aromatic carbocycles. The van der Waals surface area contributed by atoms with Crippen LogP contribution in [0.25, 0.3) is 0 Å². The Bertz CT molecular complexity index is 434. The molecule has 5 nitrogen and oxygen atoms in total. The molecule has 1 aliphatic heterocycles. The zero-order chi connectivity index (χ0) is 14.4. The van der Waals surface area contributed by atoms with Crippen LogP contribution < -0.4 is 16.2 Å². The number of likely N-dealkylation sites (tertiary alicyclic amines) is 1. The second kappa shape index (κ2) is 7.14. The lowest BCUT2D eigenvalue weighted by Crippen LogP contribution is -2.36. The van der Waals surface area contributed by atoms with Gasteiger partial charge in [0.2, 0.25) is 0 Å². The molecule has 0 spiro atoms. The number of guanidine groups is 1. The standard InChI is InChI=1S/C15H24N4O/c1-20-13-7-5-12(6-8-13)14(11-18-15(16)17)19-9-3-2-4-10-19/h5-8,14H,2-4,9-11H2,1H3,(H4,16,17,18)/t14-/m0/s1. The van der Waals surface area contributed by atoms with Gasteiger partial charge in [0.25, 0.3) is 0 Å². The number of hydrogen-bond donors (Lipinski definition) is 2. The van der Waals surface area contributed by atoms with Crippen molar-refractivity contribution in [3.05, 3.63) is 29.8 Å². The van der Waals surface area contributed by atoms with Crippen LogP contribution in [-0.4, -0.2) is 37.6 Å². The highest BCUT2D eigenvalue weighted by molar-refractivity contribution is 5.75. The maximum Gasteiger partial charge on any atom is 0.185 e. The maximum absolute atomic E-state index is 5.48. The number of aliphatic imine (C=N–C) groups is 1. The van der Waals surface area contributed by atoms with Crippen LogP contribution in [-0.2, 0) is 0 Å². The van der Waals surface area contributed by atoms with Crippen LogP contribution in [0.15, 0.2) is 29.3 Å². The first-order valence-corrected chi connectivity index (χ1v) is 7.14. The number of benzene rings is 1. The predicted octanol–water partition coefficient (Wildman–Crippen LogP) is 1.50. The van der Waals surface area contributed by atoms with E-state index in [1.807, 2.05) is 12.1 Å².